The Morgan fingerprint density at radius 3 is 2.50 bits per heavy atom. The van der Waals surface area contributed by atoms with Crippen LogP contribution in [0.4, 0.5) is 10.8 Å². The number of rotatable bonds is 4. The molecule has 0 spiro atoms. The van der Waals surface area contributed by atoms with Gasteiger partial charge >= 0.3 is 0 Å². The van der Waals surface area contributed by atoms with E-state index in [-0.39, 0.29) is 0 Å². The molecule has 0 radical (unpaired) electrons. The molecule has 0 unspecified atom stereocenters. The fourth-order valence-electron chi connectivity index (χ4n) is 1.72. The highest BCUT2D eigenvalue weighted by Crippen LogP contribution is 2.30. The Labute approximate surface area is 111 Å². The third-order valence-corrected chi connectivity index (χ3v) is 3.97. The van der Waals surface area contributed by atoms with E-state index in [0.717, 1.165) is 34.1 Å². The lowest BCUT2D eigenvalue weighted by Gasteiger charge is -2.15. The van der Waals surface area contributed by atoms with E-state index in [9.17, 15) is 4.79 Å². The molecule has 0 aliphatic rings. The number of aldehydes is 1. The van der Waals surface area contributed by atoms with Crippen molar-refractivity contribution in [1.82, 2.24) is 4.98 Å². The zero-order chi connectivity index (χ0) is 13.1. The molecule has 4 heteroatoms. The van der Waals surface area contributed by atoms with E-state index in [1.165, 1.54) is 16.9 Å². The van der Waals surface area contributed by atoms with Gasteiger partial charge in [0, 0.05) is 12.7 Å². The Morgan fingerprint density at radius 1 is 1.33 bits per heavy atom. The lowest BCUT2D eigenvalue weighted by Crippen LogP contribution is -2.08. The number of aromatic nitrogens is 1. The summed E-state index contributed by atoms with van der Waals surface area (Å²) >= 11 is 1.44. The second-order valence-corrected chi connectivity index (χ2v) is 5.18. The summed E-state index contributed by atoms with van der Waals surface area (Å²) in [6.07, 6.45) is 1.68. The molecule has 1 aromatic carbocycles. The topological polar surface area (TPSA) is 33.2 Å². The molecule has 18 heavy (non-hydrogen) atoms. The zero-order valence-electron chi connectivity index (χ0n) is 10.8. The van der Waals surface area contributed by atoms with Crippen LogP contribution >= 0.6 is 11.3 Å². The van der Waals surface area contributed by atoms with E-state index in [0.29, 0.717) is 0 Å². The summed E-state index contributed by atoms with van der Waals surface area (Å²) in [7, 11) is 1.97. The van der Waals surface area contributed by atoms with Crippen molar-refractivity contribution in [3.05, 3.63) is 40.4 Å². The van der Waals surface area contributed by atoms with Gasteiger partial charge in [0.25, 0.3) is 0 Å². The molecule has 2 aromatic rings. The first-order valence-corrected chi connectivity index (χ1v) is 6.72. The molecule has 0 saturated carbocycles. The van der Waals surface area contributed by atoms with Crippen LogP contribution in [-0.2, 0) is 6.42 Å². The van der Waals surface area contributed by atoms with E-state index in [1.54, 1.807) is 0 Å². The van der Waals surface area contributed by atoms with Crippen LogP contribution in [0.3, 0.4) is 0 Å². The van der Waals surface area contributed by atoms with Gasteiger partial charge in [-0.1, -0.05) is 36.0 Å². The first kappa shape index (κ1) is 12.8. The van der Waals surface area contributed by atoms with E-state index in [4.69, 9.17) is 0 Å². The Bertz CT molecular complexity index is 545. The number of thiazole rings is 1. The van der Waals surface area contributed by atoms with Crippen LogP contribution in [-0.4, -0.2) is 18.3 Å². The molecule has 2 rings (SSSR count). The van der Waals surface area contributed by atoms with Crippen LogP contribution < -0.4 is 4.90 Å². The van der Waals surface area contributed by atoms with Gasteiger partial charge in [-0.15, -0.1) is 0 Å². The van der Waals surface area contributed by atoms with E-state index < -0.39 is 0 Å². The third-order valence-electron chi connectivity index (χ3n) is 2.87. The third kappa shape index (κ3) is 2.43. The summed E-state index contributed by atoms with van der Waals surface area (Å²) < 4.78 is 0. The van der Waals surface area contributed by atoms with Crippen molar-refractivity contribution in [3.8, 4) is 0 Å². The normalized spacial score (nSPS) is 10.4. The highest BCUT2D eigenvalue weighted by molar-refractivity contribution is 7.17. The average molecular weight is 260 g/mol. The molecular weight excluding hydrogens is 244 g/mol. The van der Waals surface area contributed by atoms with Crippen LogP contribution in [0.5, 0.6) is 0 Å². The fraction of sp³-hybridized carbons (Fsp3) is 0.286. The summed E-state index contributed by atoms with van der Waals surface area (Å²) in [6.45, 7) is 4.07. The molecule has 0 atom stereocenters. The summed E-state index contributed by atoms with van der Waals surface area (Å²) in [5, 5.41) is 0.859. The Morgan fingerprint density at radius 2 is 2.00 bits per heavy atom. The van der Waals surface area contributed by atoms with Gasteiger partial charge < -0.3 is 4.90 Å². The lowest BCUT2D eigenvalue weighted by molar-refractivity contribution is 0.112. The maximum Gasteiger partial charge on any atom is 0.190 e. The highest BCUT2D eigenvalue weighted by atomic mass is 32.1. The zero-order valence-corrected chi connectivity index (χ0v) is 11.6. The predicted octanol–water partition coefficient (Wildman–Crippen LogP) is 3.59. The molecule has 0 fully saturated rings. The fourth-order valence-corrected chi connectivity index (χ4v) is 2.67. The Hall–Kier alpha value is -1.68. The monoisotopic (exact) mass is 260 g/mol. The summed E-state index contributed by atoms with van der Waals surface area (Å²) in [6, 6.07) is 8.26. The van der Waals surface area contributed by atoms with Gasteiger partial charge in [0.15, 0.2) is 11.4 Å². The number of carbonyl (C=O) groups is 1. The molecule has 0 aliphatic heterocycles. The smallest absolute Gasteiger partial charge is 0.190 e. The summed E-state index contributed by atoms with van der Waals surface area (Å²) in [4.78, 5) is 18.2. The predicted molar refractivity (Wildman–Crippen MR) is 76.1 cm³/mol. The number of hydrogen-bond acceptors (Lipinski definition) is 4. The highest BCUT2D eigenvalue weighted by Gasteiger charge is 2.13. The molecule has 3 nitrogen and oxygen atoms in total. The van der Waals surface area contributed by atoms with Crippen molar-refractivity contribution in [3.63, 3.8) is 0 Å². The average Bonchev–Trinajstić information content (AvgIpc) is 2.82. The molecular formula is C14H16N2OS. The SMILES string of the molecule is CCc1nc(N(C)c2ccc(C)cc2)sc1C=O. The first-order valence-electron chi connectivity index (χ1n) is 5.91. The van der Waals surface area contributed by atoms with Crippen LogP contribution in [0.2, 0.25) is 0 Å². The summed E-state index contributed by atoms with van der Waals surface area (Å²) in [5.74, 6) is 0. The van der Waals surface area contributed by atoms with Crippen LogP contribution in [0.1, 0.15) is 27.9 Å². The number of hydrogen-bond donors (Lipinski definition) is 0. The van der Waals surface area contributed by atoms with E-state index in [2.05, 4.69) is 36.2 Å². The second-order valence-electron chi connectivity index (χ2n) is 4.17. The minimum absolute atomic E-state index is 0.728. The standard InChI is InChI=1S/C14H16N2OS/c1-4-12-13(9-17)18-14(15-12)16(3)11-7-5-10(2)6-8-11/h5-9H,4H2,1-3H3. The lowest BCUT2D eigenvalue weighted by atomic mass is 10.2. The maximum atomic E-state index is 11.0. The number of aryl methyl sites for hydroxylation is 2. The van der Waals surface area contributed by atoms with Gasteiger partial charge in [0.1, 0.15) is 0 Å². The number of nitrogens with zero attached hydrogens (tertiary/aromatic N) is 2. The number of anilines is 2. The maximum absolute atomic E-state index is 11.0. The van der Waals surface area contributed by atoms with Crippen molar-refractivity contribution in [1.29, 1.82) is 0 Å². The largest absolute Gasteiger partial charge is 0.321 e. The van der Waals surface area contributed by atoms with Crippen LogP contribution in [0.15, 0.2) is 24.3 Å². The van der Waals surface area contributed by atoms with Gasteiger partial charge in [-0.2, -0.15) is 0 Å². The van der Waals surface area contributed by atoms with Crippen molar-refractivity contribution >= 4 is 28.4 Å². The van der Waals surface area contributed by atoms with E-state index >= 15 is 0 Å². The minimum Gasteiger partial charge on any atom is -0.321 e. The first-order chi connectivity index (χ1) is 8.65. The van der Waals surface area contributed by atoms with Gasteiger partial charge in [-0.3, -0.25) is 4.79 Å². The summed E-state index contributed by atoms with van der Waals surface area (Å²) in [5.41, 5.74) is 3.19. The molecule has 0 N–H and O–H groups in total. The van der Waals surface area contributed by atoms with E-state index in [1.807, 2.05) is 18.9 Å². The second kappa shape index (κ2) is 5.31. The van der Waals surface area contributed by atoms with Crippen LogP contribution in [0.25, 0.3) is 0 Å². The Kier molecular flexibility index (Phi) is 3.77. The van der Waals surface area contributed by atoms with Crippen molar-refractivity contribution in [2.45, 2.75) is 20.3 Å². The van der Waals surface area contributed by atoms with Crippen molar-refractivity contribution < 1.29 is 4.79 Å². The Balaban J connectivity index is 2.33. The number of carbonyl (C=O) groups excluding carboxylic acids is 1. The van der Waals surface area contributed by atoms with Crippen LogP contribution in [0, 0.1) is 6.92 Å². The van der Waals surface area contributed by atoms with Gasteiger partial charge in [0.2, 0.25) is 0 Å². The molecule has 0 aliphatic carbocycles. The molecule has 0 amide bonds. The molecule has 0 saturated heterocycles. The quantitative estimate of drug-likeness (QED) is 0.788. The molecule has 0 bridgehead atoms. The van der Waals surface area contributed by atoms with Gasteiger partial charge in [-0.25, -0.2) is 4.98 Å². The molecule has 94 valence electrons. The minimum atomic E-state index is 0.728. The van der Waals surface area contributed by atoms with Gasteiger partial charge in [-0.05, 0) is 25.5 Å². The van der Waals surface area contributed by atoms with Crippen molar-refractivity contribution in [2.24, 2.45) is 0 Å². The van der Waals surface area contributed by atoms with Gasteiger partial charge in [0.05, 0.1) is 10.6 Å². The van der Waals surface area contributed by atoms with Crippen molar-refractivity contribution in [2.75, 3.05) is 11.9 Å². The molecule has 1 aromatic heterocycles. The molecule has 1 heterocycles. The number of benzene rings is 1.